The molecule has 0 saturated heterocycles. The number of carboxylic acid groups (broad SMARTS) is 1. The van der Waals surface area contributed by atoms with Crippen LogP contribution < -0.4 is 0 Å². The maximum absolute atomic E-state index is 10.9. The summed E-state index contributed by atoms with van der Waals surface area (Å²) in [7, 11) is 0. The van der Waals surface area contributed by atoms with E-state index in [2.05, 4.69) is 4.98 Å². The quantitative estimate of drug-likeness (QED) is 0.839. The van der Waals surface area contributed by atoms with E-state index < -0.39 is 5.97 Å². The molecule has 0 atom stereocenters. The van der Waals surface area contributed by atoms with E-state index in [1.807, 2.05) is 32.0 Å². The molecule has 16 heavy (non-hydrogen) atoms. The first-order valence-corrected chi connectivity index (χ1v) is 4.84. The Balaban J connectivity index is 2.59. The Kier molecular flexibility index (Phi) is 2.48. The molecule has 0 saturated carbocycles. The second kappa shape index (κ2) is 3.81. The summed E-state index contributed by atoms with van der Waals surface area (Å²) in [5.41, 5.74) is 2.81. The fraction of sp³-hybridized carbons (Fsp3) is 0.167. The highest BCUT2D eigenvalue weighted by Crippen LogP contribution is 2.26. The zero-order valence-electron chi connectivity index (χ0n) is 9.02. The summed E-state index contributed by atoms with van der Waals surface area (Å²) in [6.45, 7) is 3.89. The average Bonchev–Trinajstić information content (AvgIpc) is 2.66. The lowest BCUT2D eigenvalue weighted by Gasteiger charge is -2.04. The number of carbonyl (C=O) groups is 1. The number of aromatic nitrogens is 1. The predicted octanol–water partition coefficient (Wildman–Crippen LogP) is 2.66. The summed E-state index contributed by atoms with van der Waals surface area (Å²) >= 11 is 0. The van der Waals surface area contributed by atoms with Crippen molar-refractivity contribution >= 4 is 5.97 Å². The first kappa shape index (κ1) is 10.4. The van der Waals surface area contributed by atoms with Crippen LogP contribution in [0.3, 0.4) is 0 Å². The number of rotatable bonds is 2. The van der Waals surface area contributed by atoms with E-state index in [1.165, 1.54) is 0 Å². The van der Waals surface area contributed by atoms with Crippen LogP contribution in [0.5, 0.6) is 0 Å². The maximum Gasteiger partial charge on any atom is 0.358 e. The fourth-order valence-electron chi connectivity index (χ4n) is 1.66. The molecule has 82 valence electrons. The van der Waals surface area contributed by atoms with Gasteiger partial charge in [0.05, 0.1) is 0 Å². The van der Waals surface area contributed by atoms with Gasteiger partial charge in [-0.1, -0.05) is 23.8 Å². The zero-order valence-corrected chi connectivity index (χ0v) is 9.02. The van der Waals surface area contributed by atoms with Crippen molar-refractivity contribution in [3.8, 4) is 11.3 Å². The van der Waals surface area contributed by atoms with Crippen molar-refractivity contribution in [3.63, 3.8) is 0 Å². The van der Waals surface area contributed by atoms with Gasteiger partial charge < -0.3 is 9.52 Å². The van der Waals surface area contributed by atoms with Gasteiger partial charge in [0.1, 0.15) is 0 Å². The highest BCUT2D eigenvalue weighted by molar-refractivity contribution is 5.92. The lowest BCUT2D eigenvalue weighted by Crippen LogP contribution is -1.99. The number of oxazole rings is 1. The summed E-state index contributed by atoms with van der Waals surface area (Å²) in [6.07, 6.45) is 1.15. The Bertz CT molecular complexity index is 543. The van der Waals surface area contributed by atoms with E-state index in [9.17, 15) is 4.79 Å². The first-order chi connectivity index (χ1) is 7.59. The Hall–Kier alpha value is -2.10. The van der Waals surface area contributed by atoms with Crippen molar-refractivity contribution in [1.82, 2.24) is 4.98 Å². The van der Waals surface area contributed by atoms with Crippen molar-refractivity contribution in [3.05, 3.63) is 41.4 Å². The van der Waals surface area contributed by atoms with Crippen LogP contribution >= 0.6 is 0 Å². The fourth-order valence-corrected chi connectivity index (χ4v) is 1.66. The summed E-state index contributed by atoms with van der Waals surface area (Å²) < 4.78 is 5.14. The molecule has 2 aromatic rings. The SMILES string of the molecule is Cc1ccc(-c2ocnc2C(=O)O)c(C)c1. The highest BCUT2D eigenvalue weighted by atomic mass is 16.4. The third kappa shape index (κ3) is 1.69. The summed E-state index contributed by atoms with van der Waals surface area (Å²) in [5.74, 6) is -0.770. The molecule has 0 aliphatic carbocycles. The van der Waals surface area contributed by atoms with Crippen LogP contribution in [0.4, 0.5) is 0 Å². The molecule has 1 aromatic heterocycles. The second-order valence-corrected chi connectivity index (χ2v) is 3.65. The number of carboxylic acids is 1. The van der Waals surface area contributed by atoms with Crippen LogP contribution in [0.15, 0.2) is 29.0 Å². The van der Waals surface area contributed by atoms with Gasteiger partial charge in [-0.05, 0) is 19.4 Å². The molecule has 0 unspecified atom stereocenters. The minimum atomic E-state index is -1.08. The monoisotopic (exact) mass is 217 g/mol. The lowest BCUT2D eigenvalue weighted by molar-refractivity contribution is 0.0691. The third-order valence-electron chi connectivity index (χ3n) is 2.40. The minimum Gasteiger partial charge on any atom is -0.476 e. The van der Waals surface area contributed by atoms with Gasteiger partial charge in [-0.2, -0.15) is 0 Å². The minimum absolute atomic E-state index is 0.0491. The van der Waals surface area contributed by atoms with E-state index in [0.29, 0.717) is 5.76 Å². The Labute approximate surface area is 92.6 Å². The predicted molar refractivity (Wildman–Crippen MR) is 58.4 cm³/mol. The number of nitrogens with zero attached hydrogens (tertiary/aromatic N) is 1. The molecule has 0 spiro atoms. The molecule has 1 N–H and O–H groups in total. The van der Waals surface area contributed by atoms with E-state index in [1.54, 1.807) is 0 Å². The van der Waals surface area contributed by atoms with Gasteiger partial charge >= 0.3 is 5.97 Å². The average molecular weight is 217 g/mol. The van der Waals surface area contributed by atoms with Gasteiger partial charge in [-0.25, -0.2) is 9.78 Å². The van der Waals surface area contributed by atoms with Crippen molar-refractivity contribution in [2.75, 3.05) is 0 Å². The van der Waals surface area contributed by atoms with Crippen molar-refractivity contribution in [2.24, 2.45) is 0 Å². The smallest absolute Gasteiger partial charge is 0.358 e. The van der Waals surface area contributed by atoms with Crippen LogP contribution in [-0.2, 0) is 0 Å². The molecule has 0 fully saturated rings. The van der Waals surface area contributed by atoms with Gasteiger partial charge in [0.25, 0.3) is 0 Å². The van der Waals surface area contributed by atoms with Crippen molar-refractivity contribution < 1.29 is 14.3 Å². The van der Waals surface area contributed by atoms with Crippen LogP contribution in [0.1, 0.15) is 21.6 Å². The van der Waals surface area contributed by atoms with Gasteiger partial charge in [-0.3, -0.25) is 0 Å². The number of hydrogen-bond donors (Lipinski definition) is 1. The number of aromatic carboxylic acids is 1. The number of hydrogen-bond acceptors (Lipinski definition) is 3. The van der Waals surface area contributed by atoms with E-state index in [-0.39, 0.29) is 5.69 Å². The molecule has 0 aliphatic rings. The molecule has 4 heteroatoms. The number of aryl methyl sites for hydroxylation is 2. The van der Waals surface area contributed by atoms with E-state index >= 15 is 0 Å². The molecule has 0 bridgehead atoms. The molecule has 0 radical (unpaired) electrons. The van der Waals surface area contributed by atoms with Crippen LogP contribution in [-0.4, -0.2) is 16.1 Å². The molecule has 1 aromatic carbocycles. The van der Waals surface area contributed by atoms with E-state index in [0.717, 1.165) is 23.1 Å². The summed E-state index contributed by atoms with van der Waals surface area (Å²) in [6, 6.07) is 5.73. The van der Waals surface area contributed by atoms with Crippen LogP contribution in [0.2, 0.25) is 0 Å². The Morgan fingerprint density at radius 1 is 1.38 bits per heavy atom. The van der Waals surface area contributed by atoms with Crippen molar-refractivity contribution in [2.45, 2.75) is 13.8 Å². The maximum atomic E-state index is 10.9. The molecular weight excluding hydrogens is 206 g/mol. The molecule has 0 aliphatic heterocycles. The molecule has 0 amide bonds. The largest absolute Gasteiger partial charge is 0.476 e. The molecule has 2 rings (SSSR count). The third-order valence-corrected chi connectivity index (χ3v) is 2.40. The highest BCUT2D eigenvalue weighted by Gasteiger charge is 2.18. The summed E-state index contributed by atoms with van der Waals surface area (Å²) in [4.78, 5) is 14.6. The van der Waals surface area contributed by atoms with Crippen molar-refractivity contribution in [1.29, 1.82) is 0 Å². The normalized spacial score (nSPS) is 10.4. The Morgan fingerprint density at radius 3 is 2.75 bits per heavy atom. The van der Waals surface area contributed by atoms with E-state index in [4.69, 9.17) is 9.52 Å². The van der Waals surface area contributed by atoms with Crippen LogP contribution in [0, 0.1) is 13.8 Å². The lowest BCUT2D eigenvalue weighted by atomic mass is 10.0. The molecule has 1 heterocycles. The number of benzene rings is 1. The zero-order chi connectivity index (χ0) is 11.7. The molecule has 4 nitrogen and oxygen atoms in total. The topological polar surface area (TPSA) is 63.3 Å². The second-order valence-electron chi connectivity index (χ2n) is 3.65. The first-order valence-electron chi connectivity index (χ1n) is 4.84. The van der Waals surface area contributed by atoms with Gasteiger partial charge in [-0.15, -0.1) is 0 Å². The van der Waals surface area contributed by atoms with Gasteiger partial charge in [0.2, 0.25) is 0 Å². The summed E-state index contributed by atoms with van der Waals surface area (Å²) in [5, 5.41) is 8.94. The molecular formula is C12H11NO3. The van der Waals surface area contributed by atoms with Crippen LogP contribution in [0.25, 0.3) is 11.3 Å². The van der Waals surface area contributed by atoms with Gasteiger partial charge in [0.15, 0.2) is 17.8 Å². The standard InChI is InChI=1S/C12H11NO3/c1-7-3-4-9(8(2)5-7)11-10(12(14)15)13-6-16-11/h3-6H,1-2H3,(H,14,15). The van der Waals surface area contributed by atoms with Gasteiger partial charge in [0, 0.05) is 5.56 Å². The Morgan fingerprint density at radius 2 is 2.12 bits per heavy atom.